The number of nitrogens with two attached hydrogens (primary N) is 2. The van der Waals surface area contributed by atoms with Crippen LogP contribution in [-0.2, 0) is 20.8 Å². The summed E-state index contributed by atoms with van der Waals surface area (Å²) in [7, 11) is 0. The molecule has 0 spiro atoms. The minimum atomic E-state index is -0.880. The number of carbonyl (C=O) groups is 4. The lowest BCUT2D eigenvalue weighted by Gasteiger charge is -2.35. The number of piperidine rings is 1. The van der Waals surface area contributed by atoms with E-state index in [1.165, 1.54) is 22.0 Å². The molecule has 3 amide bonds. The number of amides is 3. The quantitative estimate of drug-likeness (QED) is 0.571. The van der Waals surface area contributed by atoms with Gasteiger partial charge in [-0.05, 0) is 25.7 Å². The van der Waals surface area contributed by atoms with E-state index in [1.807, 2.05) is 0 Å². The molecular formula is C17H24N6O4. The molecule has 0 unspecified atom stereocenters. The van der Waals surface area contributed by atoms with E-state index >= 15 is 0 Å². The van der Waals surface area contributed by atoms with Gasteiger partial charge in [-0.2, -0.15) is 0 Å². The highest BCUT2D eigenvalue weighted by molar-refractivity contribution is 5.92. The van der Waals surface area contributed by atoms with Crippen LogP contribution in [0.4, 0.5) is 0 Å². The van der Waals surface area contributed by atoms with Crippen LogP contribution in [0, 0.1) is 0 Å². The van der Waals surface area contributed by atoms with Crippen molar-refractivity contribution >= 4 is 23.6 Å². The molecule has 10 heteroatoms. The summed E-state index contributed by atoms with van der Waals surface area (Å²) >= 11 is 0. The normalized spacial score (nSPS) is 23.7. The van der Waals surface area contributed by atoms with Crippen molar-refractivity contribution in [3.63, 3.8) is 0 Å². The first-order valence-corrected chi connectivity index (χ1v) is 9.08. The largest absolute Gasteiger partial charge is 0.368 e. The topological polar surface area (TPSA) is 153 Å². The standard InChI is InChI=1S/C17H24N6O4/c18-11(16(26)23-6-2-1-3-13(23)15(19)25)7-10-8-22(9-20-10)17(27)12-4-5-14(24)21-12/h8-9,11-13H,1-7,18H2,(H2,19,25)(H,21,24)/t11-,12-,13-/m0/s1. The Morgan fingerprint density at radius 3 is 2.74 bits per heavy atom. The molecule has 3 heterocycles. The molecule has 0 radical (unpaired) electrons. The molecule has 2 aliphatic rings. The molecule has 146 valence electrons. The molecule has 1 aromatic heterocycles. The molecule has 10 nitrogen and oxygen atoms in total. The average Bonchev–Trinajstić information content (AvgIpc) is 3.29. The van der Waals surface area contributed by atoms with E-state index in [4.69, 9.17) is 11.5 Å². The van der Waals surface area contributed by atoms with Crippen LogP contribution in [0.3, 0.4) is 0 Å². The fourth-order valence-corrected chi connectivity index (χ4v) is 3.59. The minimum absolute atomic E-state index is 0.137. The highest BCUT2D eigenvalue weighted by atomic mass is 16.2. The Morgan fingerprint density at radius 1 is 1.30 bits per heavy atom. The molecule has 2 aliphatic heterocycles. The highest BCUT2D eigenvalue weighted by Gasteiger charge is 2.33. The van der Waals surface area contributed by atoms with Gasteiger partial charge < -0.3 is 21.7 Å². The first kappa shape index (κ1) is 19.0. The van der Waals surface area contributed by atoms with Gasteiger partial charge in [0.2, 0.25) is 17.7 Å². The maximum atomic E-state index is 12.6. The monoisotopic (exact) mass is 376 g/mol. The van der Waals surface area contributed by atoms with Crippen molar-refractivity contribution in [2.75, 3.05) is 6.54 Å². The summed E-state index contributed by atoms with van der Waals surface area (Å²) < 4.78 is 1.30. The molecule has 0 aliphatic carbocycles. The molecule has 3 atom stereocenters. The van der Waals surface area contributed by atoms with Crippen molar-refractivity contribution in [3.05, 3.63) is 18.2 Å². The number of nitrogens with one attached hydrogen (secondary N) is 1. The third-order valence-electron chi connectivity index (χ3n) is 5.04. The fraction of sp³-hybridized carbons (Fsp3) is 0.588. The lowest BCUT2D eigenvalue weighted by molar-refractivity contribution is -0.142. The van der Waals surface area contributed by atoms with Crippen LogP contribution in [-0.4, -0.2) is 62.7 Å². The Labute approximate surface area is 156 Å². The van der Waals surface area contributed by atoms with Crippen molar-refractivity contribution in [3.8, 4) is 0 Å². The Kier molecular flexibility index (Phi) is 5.54. The van der Waals surface area contributed by atoms with E-state index in [0.29, 0.717) is 31.5 Å². The molecule has 1 aromatic rings. The van der Waals surface area contributed by atoms with Crippen LogP contribution >= 0.6 is 0 Å². The van der Waals surface area contributed by atoms with Gasteiger partial charge in [0.05, 0.1) is 11.7 Å². The molecule has 2 saturated heterocycles. The lowest BCUT2D eigenvalue weighted by atomic mass is 9.99. The van der Waals surface area contributed by atoms with Gasteiger partial charge in [0.25, 0.3) is 5.91 Å². The van der Waals surface area contributed by atoms with E-state index in [2.05, 4.69) is 10.3 Å². The van der Waals surface area contributed by atoms with Gasteiger partial charge in [-0.1, -0.05) is 0 Å². The van der Waals surface area contributed by atoms with Gasteiger partial charge >= 0.3 is 0 Å². The molecule has 0 aromatic carbocycles. The average molecular weight is 376 g/mol. The van der Waals surface area contributed by atoms with Crippen LogP contribution < -0.4 is 16.8 Å². The summed E-state index contributed by atoms with van der Waals surface area (Å²) in [5.74, 6) is -1.29. The van der Waals surface area contributed by atoms with E-state index in [9.17, 15) is 19.2 Å². The highest BCUT2D eigenvalue weighted by Crippen LogP contribution is 2.18. The van der Waals surface area contributed by atoms with Crippen molar-refractivity contribution < 1.29 is 19.2 Å². The number of likely N-dealkylation sites (tertiary alicyclic amines) is 1. The molecule has 5 N–H and O–H groups in total. The smallest absolute Gasteiger partial charge is 0.254 e. The van der Waals surface area contributed by atoms with Gasteiger partial charge in [0.15, 0.2) is 0 Å². The van der Waals surface area contributed by atoms with E-state index < -0.39 is 24.0 Å². The maximum absolute atomic E-state index is 12.6. The van der Waals surface area contributed by atoms with Gasteiger partial charge in [0, 0.05) is 25.6 Å². The number of hydrogen-bond donors (Lipinski definition) is 3. The Balaban J connectivity index is 1.62. The second-order valence-corrected chi connectivity index (χ2v) is 7.03. The molecule has 0 saturated carbocycles. The number of imidazole rings is 1. The predicted octanol–water partition coefficient (Wildman–Crippen LogP) is -1.46. The van der Waals surface area contributed by atoms with Crippen LogP contribution in [0.15, 0.2) is 12.5 Å². The molecular weight excluding hydrogens is 352 g/mol. The minimum Gasteiger partial charge on any atom is -0.368 e. The zero-order chi connectivity index (χ0) is 19.6. The summed E-state index contributed by atoms with van der Waals surface area (Å²) in [6.07, 6.45) is 5.98. The number of nitrogens with zero attached hydrogens (tertiary/aromatic N) is 3. The van der Waals surface area contributed by atoms with Gasteiger partial charge in [-0.3, -0.25) is 23.7 Å². The SMILES string of the molecule is NC(=O)[C@@H]1CCCCN1C(=O)[C@@H](N)Cc1cn(C(=O)[C@@H]2CCC(=O)N2)cn1. The van der Waals surface area contributed by atoms with Crippen molar-refractivity contribution in [2.45, 2.75) is 56.7 Å². The van der Waals surface area contributed by atoms with Crippen LogP contribution in [0.5, 0.6) is 0 Å². The number of rotatable bonds is 5. The van der Waals surface area contributed by atoms with Gasteiger partial charge in [0.1, 0.15) is 18.4 Å². The van der Waals surface area contributed by atoms with E-state index in [0.717, 1.165) is 12.8 Å². The molecule has 3 rings (SSSR count). The lowest BCUT2D eigenvalue weighted by Crippen LogP contribution is -2.55. The van der Waals surface area contributed by atoms with Crippen LogP contribution in [0.2, 0.25) is 0 Å². The summed E-state index contributed by atoms with van der Waals surface area (Å²) in [6, 6.07) is -2.06. The number of hydrogen-bond acceptors (Lipinski definition) is 6. The third-order valence-corrected chi connectivity index (χ3v) is 5.04. The second-order valence-electron chi connectivity index (χ2n) is 7.03. The zero-order valence-electron chi connectivity index (χ0n) is 15.0. The summed E-state index contributed by atoms with van der Waals surface area (Å²) in [5, 5.41) is 2.61. The summed E-state index contributed by atoms with van der Waals surface area (Å²) in [4.78, 5) is 53.4. The van der Waals surface area contributed by atoms with Crippen molar-refractivity contribution in [1.82, 2.24) is 19.8 Å². The van der Waals surface area contributed by atoms with Crippen LogP contribution in [0.25, 0.3) is 0 Å². The Hall–Kier alpha value is -2.75. The third kappa shape index (κ3) is 4.16. The van der Waals surface area contributed by atoms with E-state index in [-0.39, 0.29) is 24.1 Å². The first-order valence-electron chi connectivity index (χ1n) is 9.08. The summed E-state index contributed by atoms with van der Waals surface area (Å²) in [5.41, 5.74) is 11.9. The molecule has 27 heavy (non-hydrogen) atoms. The number of aromatic nitrogens is 2. The van der Waals surface area contributed by atoms with E-state index in [1.54, 1.807) is 0 Å². The molecule has 2 fully saturated rings. The summed E-state index contributed by atoms with van der Waals surface area (Å²) in [6.45, 7) is 0.453. The zero-order valence-corrected chi connectivity index (χ0v) is 15.0. The van der Waals surface area contributed by atoms with Crippen LogP contribution in [0.1, 0.15) is 42.6 Å². The fourth-order valence-electron chi connectivity index (χ4n) is 3.59. The molecule has 0 bridgehead atoms. The number of primary amides is 1. The maximum Gasteiger partial charge on any atom is 0.254 e. The predicted molar refractivity (Wildman–Crippen MR) is 94.2 cm³/mol. The van der Waals surface area contributed by atoms with Crippen molar-refractivity contribution in [1.29, 1.82) is 0 Å². The second kappa shape index (κ2) is 7.87. The van der Waals surface area contributed by atoms with Crippen molar-refractivity contribution in [2.24, 2.45) is 11.5 Å². The number of carbonyl (C=O) groups excluding carboxylic acids is 4. The Bertz CT molecular complexity index is 760. The van der Waals surface area contributed by atoms with Gasteiger partial charge in [-0.25, -0.2) is 4.98 Å². The van der Waals surface area contributed by atoms with Gasteiger partial charge in [-0.15, -0.1) is 0 Å². The first-order chi connectivity index (χ1) is 12.9. The Morgan fingerprint density at radius 2 is 2.07 bits per heavy atom.